The second-order valence-corrected chi connectivity index (χ2v) is 8.79. The number of ketones is 1. The minimum atomic E-state index is -0.656. The van der Waals surface area contributed by atoms with Gasteiger partial charge in [0.1, 0.15) is 0 Å². The number of allylic oxidation sites excluding steroid dienone is 1. The first-order chi connectivity index (χ1) is 10.3. The minimum absolute atomic E-state index is 0.0181. The molecule has 6 atom stereocenters. The van der Waals surface area contributed by atoms with E-state index in [1.165, 1.54) is 5.57 Å². The highest BCUT2D eigenvalue weighted by Gasteiger charge is 2.65. The molecule has 1 unspecified atom stereocenters. The van der Waals surface area contributed by atoms with Crippen LogP contribution in [0.5, 0.6) is 0 Å². The molecule has 0 spiro atoms. The van der Waals surface area contributed by atoms with Gasteiger partial charge in [0.15, 0.2) is 5.78 Å². The molecule has 4 aliphatic rings. The summed E-state index contributed by atoms with van der Waals surface area (Å²) < 4.78 is 0. The van der Waals surface area contributed by atoms with E-state index in [0.717, 1.165) is 44.9 Å². The summed E-state index contributed by atoms with van der Waals surface area (Å²) in [7, 11) is 0. The smallest absolute Gasteiger partial charge is 0.155 e. The van der Waals surface area contributed by atoms with Crippen molar-refractivity contribution < 1.29 is 15.0 Å². The molecule has 0 aromatic carbocycles. The van der Waals surface area contributed by atoms with Crippen molar-refractivity contribution in [2.45, 2.75) is 76.9 Å². The first-order valence-electron chi connectivity index (χ1n) is 8.95. The van der Waals surface area contributed by atoms with Gasteiger partial charge in [0.25, 0.3) is 0 Å². The quantitative estimate of drug-likeness (QED) is 0.723. The van der Waals surface area contributed by atoms with Gasteiger partial charge in [0.2, 0.25) is 0 Å². The van der Waals surface area contributed by atoms with Crippen molar-refractivity contribution in [3.05, 3.63) is 11.6 Å². The van der Waals surface area contributed by atoms with E-state index < -0.39 is 5.60 Å². The highest BCUT2D eigenvalue weighted by atomic mass is 16.3. The van der Waals surface area contributed by atoms with Crippen LogP contribution in [0.25, 0.3) is 0 Å². The number of rotatable bonds is 0. The van der Waals surface area contributed by atoms with E-state index in [1.54, 1.807) is 0 Å². The summed E-state index contributed by atoms with van der Waals surface area (Å²) in [6.07, 6.45) is 8.48. The molecule has 3 nitrogen and oxygen atoms in total. The van der Waals surface area contributed by atoms with Crippen molar-refractivity contribution in [3.63, 3.8) is 0 Å². The lowest BCUT2D eigenvalue weighted by Crippen LogP contribution is -2.62. The van der Waals surface area contributed by atoms with Gasteiger partial charge in [0, 0.05) is 6.42 Å². The molecule has 2 N–H and O–H groups in total. The van der Waals surface area contributed by atoms with Crippen LogP contribution in [-0.4, -0.2) is 27.7 Å². The maximum Gasteiger partial charge on any atom is 0.155 e. The molecule has 122 valence electrons. The number of aliphatic hydroxyl groups is 2. The van der Waals surface area contributed by atoms with Gasteiger partial charge in [-0.1, -0.05) is 19.4 Å². The van der Waals surface area contributed by atoms with Crippen molar-refractivity contribution in [1.29, 1.82) is 0 Å². The van der Waals surface area contributed by atoms with Gasteiger partial charge < -0.3 is 10.2 Å². The van der Waals surface area contributed by atoms with Gasteiger partial charge in [-0.05, 0) is 73.7 Å². The Morgan fingerprint density at radius 1 is 1.05 bits per heavy atom. The molecule has 0 saturated heterocycles. The van der Waals surface area contributed by atoms with Gasteiger partial charge >= 0.3 is 0 Å². The SMILES string of the molecule is C[C@]12CC[C@H]3C(O)(CCC4=CC(=O)CC[C@@]43C)[C@@H]1CC[C@@H]2O. The molecule has 0 heterocycles. The first-order valence-corrected chi connectivity index (χ1v) is 8.95. The predicted molar refractivity (Wildman–Crippen MR) is 84.2 cm³/mol. The maximum absolute atomic E-state index is 11.8. The van der Waals surface area contributed by atoms with Gasteiger partial charge in [-0.2, -0.15) is 0 Å². The largest absolute Gasteiger partial charge is 0.393 e. The van der Waals surface area contributed by atoms with Crippen LogP contribution >= 0.6 is 0 Å². The van der Waals surface area contributed by atoms with Crippen LogP contribution in [0, 0.1) is 22.7 Å². The molecular formula is C19H28O3. The van der Waals surface area contributed by atoms with Crippen molar-refractivity contribution in [3.8, 4) is 0 Å². The summed E-state index contributed by atoms with van der Waals surface area (Å²) in [5.41, 5.74) is 0.487. The Morgan fingerprint density at radius 3 is 2.59 bits per heavy atom. The van der Waals surface area contributed by atoms with E-state index in [0.29, 0.717) is 6.42 Å². The lowest BCUT2D eigenvalue weighted by atomic mass is 9.45. The number of hydrogen-bond acceptors (Lipinski definition) is 3. The number of aliphatic hydroxyl groups excluding tert-OH is 1. The second kappa shape index (κ2) is 4.45. The van der Waals surface area contributed by atoms with E-state index >= 15 is 0 Å². The Balaban J connectivity index is 1.76. The van der Waals surface area contributed by atoms with E-state index in [-0.39, 0.29) is 34.6 Å². The predicted octanol–water partition coefficient (Wildman–Crippen LogP) is 2.99. The second-order valence-electron chi connectivity index (χ2n) is 8.79. The Labute approximate surface area is 132 Å². The molecule has 3 fully saturated rings. The fourth-order valence-electron chi connectivity index (χ4n) is 6.61. The third-order valence-corrected chi connectivity index (χ3v) is 7.99. The molecule has 4 rings (SSSR count). The fourth-order valence-corrected chi connectivity index (χ4v) is 6.61. The minimum Gasteiger partial charge on any atom is -0.393 e. The Hall–Kier alpha value is -0.670. The van der Waals surface area contributed by atoms with Gasteiger partial charge in [-0.3, -0.25) is 4.79 Å². The zero-order valence-electron chi connectivity index (χ0n) is 13.8. The van der Waals surface area contributed by atoms with Crippen LogP contribution in [-0.2, 0) is 4.79 Å². The number of hydrogen-bond donors (Lipinski definition) is 2. The summed E-state index contributed by atoms with van der Waals surface area (Å²) in [4.78, 5) is 11.8. The van der Waals surface area contributed by atoms with Crippen molar-refractivity contribution in [1.82, 2.24) is 0 Å². The molecule has 0 amide bonds. The standard InChI is InChI=1S/C19H28O3/c1-17-8-6-13(20)11-12(17)5-10-19(22)14-3-4-16(21)18(14,2)9-7-15(17)19/h11,14-16,21-22H,3-10H2,1-2H3/t14-,15-,16+,17+,18+,19?/m1/s1. The molecular weight excluding hydrogens is 276 g/mol. The van der Waals surface area contributed by atoms with Crippen LogP contribution in [0.15, 0.2) is 11.6 Å². The summed E-state index contributed by atoms with van der Waals surface area (Å²) >= 11 is 0. The maximum atomic E-state index is 11.8. The van der Waals surface area contributed by atoms with Crippen molar-refractivity contribution in [2.24, 2.45) is 22.7 Å². The molecule has 22 heavy (non-hydrogen) atoms. The zero-order valence-corrected chi connectivity index (χ0v) is 13.8. The third kappa shape index (κ3) is 1.67. The summed E-state index contributed by atoms with van der Waals surface area (Å²) in [6.45, 7) is 4.45. The molecule has 0 radical (unpaired) electrons. The lowest BCUT2D eigenvalue weighted by molar-refractivity contribution is -0.193. The van der Waals surface area contributed by atoms with E-state index in [1.807, 2.05) is 6.08 Å². The summed E-state index contributed by atoms with van der Waals surface area (Å²) in [5.74, 6) is 0.719. The average molecular weight is 304 g/mol. The summed E-state index contributed by atoms with van der Waals surface area (Å²) in [5, 5.41) is 22.1. The zero-order chi connectivity index (χ0) is 15.8. The first kappa shape index (κ1) is 14.9. The lowest BCUT2D eigenvalue weighted by Gasteiger charge is -2.62. The van der Waals surface area contributed by atoms with Crippen molar-refractivity contribution in [2.75, 3.05) is 0 Å². The highest BCUT2D eigenvalue weighted by molar-refractivity contribution is 5.91. The number of carbonyl (C=O) groups is 1. The Morgan fingerprint density at radius 2 is 1.82 bits per heavy atom. The molecule has 0 bridgehead atoms. The molecule has 0 aromatic heterocycles. The normalized spacial score (nSPS) is 54.3. The Kier molecular flexibility index (Phi) is 3.01. The van der Waals surface area contributed by atoms with Gasteiger partial charge in [0.05, 0.1) is 11.7 Å². The van der Waals surface area contributed by atoms with Crippen LogP contribution in [0.3, 0.4) is 0 Å². The molecule has 0 aromatic rings. The fraction of sp³-hybridized carbons (Fsp3) is 0.842. The van der Waals surface area contributed by atoms with E-state index in [4.69, 9.17) is 0 Å². The molecule has 3 saturated carbocycles. The topological polar surface area (TPSA) is 57.5 Å². The third-order valence-electron chi connectivity index (χ3n) is 7.99. The van der Waals surface area contributed by atoms with E-state index in [2.05, 4.69) is 13.8 Å². The monoisotopic (exact) mass is 304 g/mol. The van der Waals surface area contributed by atoms with Gasteiger partial charge in [-0.25, -0.2) is 0 Å². The van der Waals surface area contributed by atoms with Gasteiger partial charge in [-0.15, -0.1) is 0 Å². The van der Waals surface area contributed by atoms with Crippen molar-refractivity contribution >= 4 is 5.78 Å². The van der Waals surface area contributed by atoms with Crippen LogP contribution in [0.4, 0.5) is 0 Å². The molecule has 3 heteroatoms. The van der Waals surface area contributed by atoms with Crippen LogP contribution in [0.2, 0.25) is 0 Å². The average Bonchev–Trinajstić information content (AvgIpc) is 2.77. The number of carbonyl (C=O) groups excluding carboxylic acids is 1. The van der Waals surface area contributed by atoms with Crippen LogP contribution < -0.4 is 0 Å². The Bertz CT molecular complexity index is 553. The molecule has 0 aliphatic heterocycles. The number of fused-ring (bicyclic) bond motifs is 5. The summed E-state index contributed by atoms with van der Waals surface area (Å²) in [6, 6.07) is 0. The van der Waals surface area contributed by atoms with E-state index in [9.17, 15) is 15.0 Å². The highest BCUT2D eigenvalue weighted by Crippen LogP contribution is 2.66. The molecule has 4 aliphatic carbocycles. The van der Waals surface area contributed by atoms with Crippen LogP contribution in [0.1, 0.15) is 65.2 Å².